The quantitative estimate of drug-likeness (QED) is 0.181. The average Bonchev–Trinajstić information content (AvgIpc) is 3.03. The molecular formula is C40H57F2N3O2. The highest BCUT2D eigenvalue weighted by Gasteiger charge is 2.35. The number of aliphatic hydroxyl groups excluding tert-OH is 1. The summed E-state index contributed by atoms with van der Waals surface area (Å²) in [5, 5.41) is 19.1. The molecule has 0 aliphatic heterocycles. The Morgan fingerprint density at radius 2 is 1.74 bits per heavy atom. The van der Waals surface area contributed by atoms with Crippen molar-refractivity contribution in [3.8, 4) is 0 Å². The minimum Gasteiger partial charge on any atom is -0.390 e. The number of carbonyl (C=O) groups excluding carboxylic acids is 1. The number of hydrogen-bond donors (Lipinski definition) is 3. The van der Waals surface area contributed by atoms with Gasteiger partial charge in [0.05, 0.1) is 18.6 Å². The molecule has 4 rings (SSSR count). The molecule has 2 aliphatic carbocycles. The molecule has 0 aromatic heterocycles. The Morgan fingerprint density at radius 3 is 2.40 bits per heavy atom. The van der Waals surface area contributed by atoms with Gasteiger partial charge in [-0.05, 0) is 78.5 Å². The highest BCUT2D eigenvalue weighted by atomic mass is 19.1. The molecule has 0 radical (unpaired) electrons. The first-order valence-electron chi connectivity index (χ1n) is 17.8. The summed E-state index contributed by atoms with van der Waals surface area (Å²) in [7, 11) is 0. The minimum absolute atomic E-state index is 0.0234. The molecule has 0 spiro atoms. The summed E-state index contributed by atoms with van der Waals surface area (Å²) >= 11 is 0. The lowest BCUT2D eigenvalue weighted by Gasteiger charge is -2.41. The van der Waals surface area contributed by atoms with Gasteiger partial charge in [-0.2, -0.15) is 0 Å². The predicted molar refractivity (Wildman–Crippen MR) is 190 cm³/mol. The molecule has 47 heavy (non-hydrogen) atoms. The monoisotopic (exact) mass is 649 g/mol. The van der Waals surface area contributed by atoms with Gasteiger partial charge in [-0.1, -0.05) is 95.9 Å². The number of alkyl halides is 1. The zero-order valence-electron chi connectivity index (χ0n) is 29.3. The summed E-state index contributed by atoms with van der Waals surface area (Å²) in [5.74, 6) is -0.474. The Hall–Kier alpha value is -3.03. The van der Waals surface area contributed by atoms with Crippen molar-refractivity contribution in [2.24, 2.45) is 0 Å². The van der Waals surface area contributed by atoms with Crippen LogP contribution in [0.4, 0.5) is 14.5 Å². The summed E-state index contributed by atoms with van der Waals surface area (Å²) in [4.78, 5) is 15.0. The van der Waals surface area contributed by atoms with Crippen LogP contribution in [-0.2, 0) is 22.2 Å². The van der Waals surface area contributed by atoms with E-state index in [1.165, 1.54) is 23.6 Å². The molecular weight excluding hydrogens is 592 g/mol. The van der Waals surface area contributed by atoms with Crippen LogP contribution in [0.3, 0.4) is 0 Å². The Balaban J connectivity index is 1.56. The van der Waals surface area contributed by atoms with Gasteiger partial charge in [-0.25, -0.2) is 8.78 Å². The van der Waals surface area contributed by atoms with E-state index >= 15 is 0 Å². The zero-order chi connectivity index (χ0) is 34.0. The summed E-state index contributed by atoms with van der Waals surface area (Å²) in [5.41, 5.74) is 4.59. The number of amides is 1. The number of halogens is 2. The van der Waals surface area contributed by atoms with Crippen LogP contribution in [0.15, 0.2) is 72.1 Å². The van der Waals surface area contributed by atoms with Crippen LogP contribution in [0, 0.1) is 0 Å². The number of carbonyl (C=O) groups is 1. The summed E-state index contributed by atoms with van der Waals surface area (Å²) in [6.45, 7) is 12.6. The highest BCUT2D eigenvalue weighted by molar-refractivity contribution is 5.79. The van der Waals surface area contributed by atoms with Gasteiger partial charge in [0, 0.05) is 37.3 Å². The van der Waals surface area contributed by atoms with Crippen molar-refractivity contribution in [2.45, 2.75) is 128 Å². The summed E-state index contributed by atoms with van der Waals surface area (Å²) < 4.78 is 28.6. The molecule has 0 bridgehead atoms. The van der Waals surface area contributed by atoms with E-state index in [2.05, 4.69) is 69.5 Å². The molecule has 3 atom stereocenters. The molecule has 1 saturated carbocycles. The molecule has 258 valence electrons. The van der Waals surface area contributed by atoms with Crippen molar-refractivity contribution in [1.29, 1.82) is 0 Å². The Labute approximate surface area is 281 Å². The van der Waals surface area contributed by atoms with E-state index in [0.717, 1.165) is 68.9 Å². The molecule has 2 aromatic carbocycles. The van der Waals surface area contributed by atoms with Crippen molar-refractivity contribution < 1.29 is 18.7 Å². The van der Waals surface area contributed by atoms with E-state index in [1.807, 2.05) is 29.2 Å². The van der Waals surface area contributed by atoms with Crippen LogP contribution in [0.1, 0.15) is 109 Å². The van der Waals surface area contributed by atoms with Gasteiger partial charge in [0.1, 0.15) is 12.0 Å². The Kier molecular flexibility index (Phi) is 13.2. The van der Waals surface area contributed by atoms with Gasteiger partial charge in [0.25, 0.3) is 0 Å². The van der Waals surface area contributed by atoms with Gasteiger partial charge in [0.2, 0.25) is 5.91 Å². The second-order valence-electron chi connectivity index (χ2n) is 14.7. The molecule has 7 heteroatoms. The first-order chi connectivity index (χ1) is 22.4. The Morgan fingerprint density at radius 1 is 1.04 bits per heavy atom. The average molecular weight is 650 g/mol. The molecule has 1 fully saturated rings. The zero-order valence-corrected chi connectivity index (χ0v) is 29.3. The number of nitrogens with zero attached hydrogens (tertiary/aromatic N) is 1. The predicted octanol–water partition coefficient (Wildman–Crippen LogP) is 8.68. The molecule has 3 N–H and O–H groups in total. The maximum atomic E-state index is 14.4. The van der Waals surface area contributed by atoms with Crippen molar-refractivity contribution in [3.05, 3.63) is 88.8 Å². The van der Waals surface area contributed by atoms with Crippen LogP contribution in [-0.4, -0.2) is 53.9 Å². The van der Waals surface area contributed by atoms with Gasteiger partial charge in [-0.3, -0.25) is 4.79 Å². The first kappa shape index (κ1) is 36.8. The SMILES string of the molecule is CCCN(CCC)C(=O)Cc1cccc(NC(CC2=CC(F)=CC(F)C2)C(O)CNC2(c3cccc(C(C)(C)C)c3)CCCCC2)c1. The van der Waals surface area contributed by atoms with Crippen LogP contribution in [0.2, 0.25) is 0 Å². The molecule has 3 unspecified atom stereocenters. The van der Waals surface area contributed by atoms with Gasteiger partial charge >= 0.3 is 0 Å². The third-order valence-electron chi connectivity index (χ3n) is 9.70. The fraction of sp³-hybridized carbons (Fsp3) is 0.575. The third-order valence-corrected chi connectivity index (χ3v) is 9.70. The Bertz CT molecular complexity index is 1370. The largest absolute Gasteiger partial charge is 0.390 e. The van der Waals surface area contributed by atoms with Gasteiger partial charge in [-0.15, -0.1) is 0 Å². The van der Waals surface area contributed by atoms with Crippen molar-refractivity contribution in [3.63, 3.8) is 0 Å². The van der Waals surface area contributed by atoms with Crippen molar-refractivity contribution in [2.75, 3.05) is 25.0 Å². The van der Waals surface area contributed by atoms with E-state index in [-0.39, 0.29) is 23.3 Å². The lowest BCUT2D eigenvalue weighted by atomic mass is 9.74. The molecule has 1 amide bonds. The molecule has 5 nitrogen and oxygen atoms in total. The van der Waals surface area contributed by atoms with Crippen LogP contribution in [0.25, 0.3) is 0 Å². The normalized spacial score (nSPS) is 19.4. The number of aliphatic hydroxyl groups is 1. The number of anilines is 1. The molecule has 2 aliphatic rings. The number of nitrogens with one attached hydrogen (secondary N) is 2. The van der Waals surface area contributed by atoms with Crippen molar-refractivity contribution in [1.82, 2.24) is 10.2 Å². The maximum Gasteiger partial charge on any atom is 0.226 e. The van der Waals surface area contributed by atoms with Crippen molar-refractivity contribution >= 4 is 11.6 Å². The van der Waals surface area contributed by atoms with E-state index in [4.69, 9.17) is 0 Å². The second-order valence-corrected chi connectivity index (χ2v) is 14.7. The van der Waals surface area contributed by atoms with E-state index < -0.39 is 24.1 Å². The topological polar surface area (TPSA) is 64.6 Å². The minimum atomic E-state index is -1.38. The van der Waals surface area contributed by atoms with Crippen LogP contribution in [0.5, 0.6) is 0 Å². The van der Waals surface area contributed by atoms with E-state index in [0.29, 0.717) is 25.0 Å². The standard InChI is InChI=1S/C40H57F2N3O2/c1-6-19-45(20-7-2)38(47)25-29-13-11-16-35(23-29)44-36(24-30-21-33(41)27-34(42)22-30)37(46)28-43-40(17-9-8-10-18-40)32-15-12-14-31(26-32)39(3,4)5/h11-16,21,23,26-27,34,36-37,43-44,46H,6-10,17-20,22,24-25,28H2,1-5H3. The number of allylic oxidation sites excluding steroid dienone is 3. The molecule has 0 heterocycles. The smallest absolute Gasteiger partial charge is 0.226 e. The fourth-order valence-electron chi connectivity index (χ4n) is 7.11. The van der Waals surface area contributed by atoms with E-state index in [1.54, 1.807) is 0 Å². The number of benzene rings is 2. The molecule has 0 saturated heterocycles. The summed E-state index contributed by atoms with van der Waals surface area (Å²) in [6, 6.07) is 16.1. The lowest BCUT2D eigenvalue weighted by Crippen LogP contribution is -2.50. The lowest BCUT2D eigenvalue weighted by molar-refractivity contribution is -0.130. The second kappa shape index (κ2) is 16.9. The maximum absolute atomic E-state index is 14.4. The third kappa shape index (κ3) is 10.5. The number of rotatable bonds is 15. The molecule has 2 aromatic rings. The first-order valence-corrected chi connectivity index (χ1v) is 17.8. The number of hydrogen-bond acceptors (Lipinski definition) is 4. The summed E-state index contributed by atoms with van der Waals surface area (Å²) in [6.07, 6.45) is 8.09. The van der Waals surface area contributed by atoms with Gasteiger partial charge < -0.3 is 20.6 Å². The van der Waals surface area contributed by atoms with Gasteiger partial charge in [0.15, 0.2) is 0 Å². The van der Waals surface area contributed by atoms with Crippen LogP contribution >= 0.6 is 0 Å². The highest BCUT2D eigenvalue weighted by Crippen LogP contribution is 2.39. The van der Waals surface area contributed by atoms with Crippen LogP contribution < -0.4 is 10.6 Å². The van der Waals surface area contributed by atoms with E-state index in [9.17, 15) is 18.7 Å². The fourth-order valence-corrected chi connectivity index (χ4v) is 7.11.